The number of H-pyrrole nitrogens is 1. The fraction of sp³-hybridized carbons (Fsp3) is 0.250. The van der Waals surface area contributed by atoms with Gasteiger partial charge in [-0.05, 0) is 44.5 Å². The number of aromatic amines is 1. The number of ether oxygens (including phenoxy) is 1. The Kier molecular flexibility index (Phi) is 6.09. The molecule has 8 heteroatoms. The molecule has 0 aliphatic carbocycles. The topological polar surface area (TPSA) is 83.0 Å². The van der Waals surface area contributed by atoms with Crippen LogP contribution >= 0.6 is 0 Å². The Bertz CT molecular complexity index is 978. The number of hydrogen-bond acceptors (Lipinski definition) is 4. The van der Waals surface area contributed by atoms with Crippen molar-refractivity contribution in [1.29, 1.82) is 5.26 Å². The molecule has 0 aliphatic heterocycles. The van der Waals surface area contributed by atoms with E-state index in [1.54, 1.807) is 26.8 Å². The number of carbonyl (C=O) groups is 2. The summed E-state index contributed by atoms with van der Waals surface area (Å²) < 4.78 is 42.9. The molecule has 0 bridgehead atoms. The zero-order valence-electron chi connectivity index (χ0n) is 15.4. The number of alkyl halides is 3. The molecule has 28 heavy (non-hydrogen) atoms. The molecule has 0 fully saturated rings. The van der Waals surface area contributed by atoms with Crippen LogP contribution in [-0.4, -0.2) is 23.3 Å². The van der Waals surface area contributed by atoms with Gasteiger partial charge < -0.3 is 9.72 Å². The lowest BCUT2D eigenvalue weighted by Gasteiger charge is -2.07. The Balaban J connectivity index is 2.46. The number of hydrogen-bond donors (Lipinski definition) is 1. The van der Waals surface area contributed by atoms with Gasteiger partial charge in [-0.2, -0.15) is 18.4 Å². The van der Waals surface area contributed by atoms with E-state index in [0.717, 1.165) is 24.3 Å². The van der Waals surface area contributed by atoms with Crippen molar-refractivity contribution < 1.29 is 27.5 Å². The zero-order valence-corrected chi connectivity index (χ0v) is 15.4. The predicted molar refractivity (Wildman–Crippen MR) is 95.6 cm³/mol. The fourth-order valence-corrected chi connectivity index (χ4v) is 2.74. The van der Waals surface area contributed by atoms with Crippen molar-refractivity contribution in [3.8, 4) is 6.07 Å². The van der Waals surface area contributed by atoms with Crippen molar-refractivity contribution >= 4 is 17.8 Å². The van der Waals surface area contributed by atoms with Gasteiger partial charge in [0, 0.05) is 11.4 Å². The van der Waals surface area contributed by atoms with Crippen LogP contribution in [0.5, 0.6) is 0 Å². The van der Waals surface area contributed by atoms with Crippen molar-refractivity contribution in [1.82, 2.24) is 4.98 Å². The van der Waals surface area contributed by atoms with Crippen molar-refractivity contribution in [2.45, 2.75) is 26.9 Å². The second-order valence-electron chi connectivity index (χ2n) is 5.96. The second-order valence-corrected chi connectivity index (χ2v) is 5.96. The standard InChI is InChI=1S/C20H17F3N2O3/c1-4-28-19(27)17-12(3)25-11(2)16(17)18(26)14(10-24)9-13-5-7-15(8-6-13)20(21,22)23/h5-9,25H,4H2,1-3H3/b14-9+. The number of Topliss-reactive ketones (excluding diaryl/α,β-unsaturated/α-hetero) is 1. The van der Waals surface area contributed by atoms with E-state index >= 15 is 0 Å². The largest absolute Gasteiger partial charge is 0.462 e. The number of halogens is 3. The molecule has 0 unspecified atom stereocenters. The molecule has 2 aromatic rings. The maximum absolute atomic E-state index is 12.9. The van der Waals surface area contributed by atoms with E-state index in [-0.39, 0.29) is 28.9 Å². The normalized spacial score (nSPS) is 11.8. The maximum Gasteiger partial charge on any atom is 0.416 e. The molecule has 0 amide bonds. The van der Waals surface area contributed by atoms with Gasteiger partial charge in [0.15, 0.2) is 0 Å². The molecule has 146 valence electrons. The Morgan fingerprint density at radius 1 is 1.14 bits per heavy atom. The number of nitriles is 1. The summed E-state index contributed by atoms with van der Waals surface area (Å²) in [5.74, 6) is -1.41. The molecule has 5 nitrogen and oxygen atoms in total. The van der Waals surface area contributed by atoms with Crippen LogP contribution < -0.4 is 0 Å². The summed E-state index contributed by atoms with van der Waals surface area (Å²) in [5, 5.41) is 9.39. The van der Waals surface area contributed by atoms with Crippen molar-refractivity contribution in [2.75, 3.05) is 6.61 Å². The first kappa shape index (κ1) is 21.0. The highest BCUT2D eigenvalue weighted by molar-refractivity contribution is 6.19. The van der Waals surface area contributed by atoms with Crippen LogP contribution in [0.2, 0.25) is 0 Å². The molecular formula is C20H17F3N2O3. The summed E-state index contributed by atoms with van der Waals surface area (Å²) in [6.45, 7) is 4.92. The van der Waals surface area contributed by atoms with E-state index in [4.69, 9.17) is 4.74 Å². The zero-order chi connectivity index (χ0) is 21.1. The highest BCUT2D eigenvalue weighted by Gasteiger charge is 2.30. The minimum absolute atomic E-state index is 0.00987. The van der Waals surface area contributed by atoms with Gasteiger partial charge in [0.25, 0.3) is 0 Å². The summed E-state index contributed by atoms with van der Waals surface area (Å²) >= 11 is 0. The van der Waals surface area contributed by atoms with E-state index in [1.807, 2.05) is 0 Å². The Morgan fingerprint density at radius 2 is 1.71 bits per heavy atom. The average molecular weight is 390 g/mol. The molecule has 1 aromatic heterocycles. The van der Waals surface area contributed by atoms with E-state index in [9.17, 15) is 28.0 Å². The quantitative estimate of drug-likeness (QED) is 0.350. The third-order valence-electron chi connectivity index (χ3n) is 4.00. The lowest BCUT2D eigenvalue weighted by Crippen LogP contribution is -2.13. The van der Waals surface area contributed by atoms with Gasteiger partial charge in [-0.15, -0.1) is 0 Å². The molecule has 0 spiro atoms. The summed E-state index contributed by atoms with van der Waals surface area (Å²) in [7, 11) is 0. The number of aryl methyl sites for hydroxylation is 2. The Hall–Kier alpha value is -3.34. The van der Waals surface area contributed by atoms with Gasteiger partial charge in [0.05, 0.1) is 23.3 Å². The molecule has 0 atom stereocenters. The first-order valence-corrected chi connectivity index (χ1v) is 8.30. The summed E-state index contributed by atoms with van der Waals surface area (Å²) in [6.07, 6.45) is -3.30. The number of ketones is 1. The SMILES string of the molecule is CCOC(=O)c1c(C)[nH]c(C)c1C(=O)/C(C#N)=C/c1ccc(C(F)(F)F)cc1. The number of carbonyl (C=O) groups excluding carboxylic acids is 2. The molecule has 1 heterocycles. The monoisotopic (exact) mass is 390 g/mol. The minimum atomic E-state index is -4.48. The van der Waals surface area contributed by atoms with Crippen LogP contribution in [0.3, 0.4) is 0 Å². The summed E-state index contributed by atoms with van der Waals surface area (Å²) in [4.78, 5) is 28.0. The van der Waals surface area contributed by atoms with Gasteiger partial charge in [0.2, 0.25) is 5.78 Å². The number of allylic oxidation sites excluding steroid dienone is 1. The average Bonchev–Trinajstić information content (AvgIpc) is 2.93. The first-order valence-electron chi connectivity index (χ1n) is 8.30. The van der Waals surface area contributed by atoms with Crippen LogP contribution in [0, 0.1) is 25.2 Å². The number of aromatic nitrogens is 1. The lowest BCUT2D eigenvalue weighted by molar-refractivity contribution is -0.137. The van der Waals surface area contributed by atoms with Gasteiger partial charge in [-0.1, -0.05) is 12.1 Å². The van der Waals surface area contributed by atoms with Crippen molar-refractivity contribution in [2.24, 2.45) is 0 Å². The molecule has 1 aromatic carbocycles. The predicted octanol–water partition coefficient (Wildman–Crippen LogP) is 4.62. The third kappa shape index (κ3) is 4.31. The Morgan fingerprint density at radius 3 is 2.21 bits per heavy atom. The molecule has 0 saturated heterocycles. The van der Waals surface area contributed by atoms with E-state index < -0.39 is 23.5 Å². The fourth-order valence-electron chi connectivity index (χ4n) is 2.74. The molecule has 0 aliphatic rings. The lowest BCUT2D eigenvalue weighted by atomic mass is 9.97. The van der Waals surface area contributed by atoms with E-state index in [1.165, 1.54) is 6.08 Å². The second kappa shape index (κ2) is 8.13. The Labute approximate surface area is 159 Å². The van der Waals surface area contributed by atoms with Gasteiger partial charge in [-0.25, -0.2) is 4.79 Å². The number of rotatable bonds is 5. The van der Waals surface area contributed by atoms with Crippen LogP contribution in [-0.2, 0) is 10.9 Å². The van der Waals surface area contributed by atoms with E-state index in [0.29, 0.717) is 11.4 Å². The van der Waals surface area contributed by atoms with Crippen LogP contribution in [0.1, 0.15) is 50.2 Å². The molecule has 1 N–H and O–H groups in total. The molecule has 2 rings (SSSR count). The number of benzene rings is 1. The minimum Gasteiger partial charge on any atom is -0.462 e. The van der Waals surface area contributed by atoms with Crippen LogP contribution in [0.25, 0.3) is 6.08 Å². The van der Waals surface area contributed by atoms with Crippen LogP contribution in [0.15, 0.2) is 29.8 Å². The number of nitrogens with zero attached hydrogens (tertiary/aromatic N) is 1. The smallest absolute Gasteiger partial charge is 0.416 e. The third-order valence-corrected chi connectivity index (χ3v) is 4.00. The van der Waals surface area contributed by atoms with Gasteiger partial charge in [-0.3, -0.25) is 4.79 Å². The van der Waals surface area contributed by atoms with E-state index in [2.05, 4.69) is 4.98 Å². The molecular weight excluding hydrogens is 373 g/mol. The summed E-state index contributed by atoms with van der Waals surface area (Å²) in [6, 6.07) is 5.80. The maximum atomic E-state index is 12.9. The highest BCUT2D eigenvalue weighted by Crippen LogP contribution is 2.29. The highest BCUT2D eigenvalue weighted by atomic mass is 19.4. The number of nitrogens with one attached hydrogen (secondary N) is 1. The van der Waals surface area contributed by atoms with Gasteiger partial charge >= 0.3 is 12.1 Å². The van der Waals surface area contributed by atoms with Crippen LogP contribution in [0.4, 0.5) is 13.2 Å². The van der Waals surface area contributed by atoms with Crippen molar-refractivity contribution in [3.63, 3.8) is 0 Å². The number of esters is 1. The summed E-state index contributed by atoms with van der Waals surface area (Å²) in [5.41, 5.74) is -0.0390. The van der Waals surface area contributed by atoms with Gasteiger partial charge in [0.1, 0.15) is 11.6 Å². The first-order chi connectivity index (χ1) is 13.1. The van der Waals surface area contributed by atoms with Crippen molar-refractivity contribution in [3.05, 3.63) is 63.5 Å². The molecule has 0 radical (unpaired) electrons. The molecule has 0 saturated carbocycles.